The van der Waals surface area contributed by atoms with Crippen LogP contribution in [0.15, 0.2) is 41.3 Å². The van der Waals surface area contributed by atoms with Gasteiger partial charge in [0.25, 0.3) is 0 Å². The van der Waals surface area contributed by atoms with Crippen molar-refractivity contribution in [3.05, 3.63) is 53.3 Å². The summed E-state index contributed by atoms with van der Waals surface area (Å²) in [6.07, 6.45) is 0. The van der Waals surface area contributed by atoms with Crippen LogP contribution in [0.5, 0.6) is 11.5 Å². The lowest BCUT2D eigenvalue weighted by Gasteiger charge is -2.21. The molecule has 5 nitrogen and oxygen atoms in total. The molecule has 0 spiro atoms. The van der Waals surface area contributed by atoms with Gasteiger partial charge in [-0.05, 0) is 55.3 Å². The number of rotatable bonds is 4. The summed E-state index contributed by atoms with van der Waals surface area (Å²) >= 11 is 0. The Morgan fingerprint density at radius 2 is 1.79 bits per heavy atom. The predicted molar refractivity (Wildman–Crippen MR) is 87.3 cm³/mol. The van der Waals surface area contributed by atoms with Gasteiger partial charge >= 0.3 is 0 Å². The first-order valence-corrected chi connectivity index (χ1v) is 9.03. The lowest BCUT2D eigenvalue weighted by Crippen LogP contribution is -2.27. The molecule has 0 aromatic heterocycles. The Kier molecular flexibility index (Phi) is 4.47. The van der Waals surface area contributed by atoms with Crippen LogP contribution in [0.2, 0.25) is 0 Å². The highest BCUT2D eigenvalue weighted by molar-refractivity contribution is 7.89. The van der Waals surface area contributed by atoms with Crippen molar-refractivity contribution in [3.8, 4) is 11.5 Å². The molecule has 1 aliphatic rings. The third-order valence-electron chi connectivity index (χ3n) is 3.84. The van der Waals surface area contributed by atoms with Crippen LogP contribution in [0.4, 0.5) is 4.39 Å². The molecule has 3 rings (SSSR count). The second-order valence-corrected chi connectivity index (χ2v) is 7.37. The molecule has 24 heavy (non-hydrogen) atoms. The smallest absolute Gasteiger partial charge is 0.241 e. The lowest BCUT2D eigenvalue weighted by atomic mass is 10.1. The van der Waals surface area contributed by atoms with E-state index in [1.165, 1.54) is 19.1 Å². The van der Waals surface area contributed by atoms with Gasteiger partial charge in [-0.2, -0.15) is 0 Å². The monoisotopic (exact) mass is 351 g/mol. The molecule has 0 saturated heterocycles. The van der Waals surface area contributed by atoms with Gasteiger partial charge in [0.05, 0.1) is 4.90 Å². The van der Waals surface area contributed by atoms with Crippen LogP contribution in [0, 0.1) is 12.7 Å². The molecule has 1 aliphatic heterocycles. The average Bonchev–Trinajstić information content (AvgIpc) is 2.56. The van der Waals surface area contributed by atoms with Crippen LogP contribution in [-0.2, 0) is 10.0 Å². The number of aryl methyl sites for hydroxylation is 1. The van der Waals surface area contributed by atoms with Crippen LogP contribution >= 0.6 is 0 Å². The van der Waals surface area contributed by atoms with E-state index < -0.39 is 21.9 Å². The summed E-state index contributed by atoms with van der Waals surface area (Å²) in [6, 6.07) is 8.55. The molecule has 1 heterocycles. The molecule has 0 unspecified atom stereocenters. The second-order valence-electron chi connectivity index (χ2n) is 5.66. The maximum absolute atomic E-state index is 13.3. The number of nitrogens with one attached hydrogen (secondary N) is 1. The van der Waals surface area contributed by atoms with Gasteiger partial charge in [-0.3, -0.25) is 0 Å². The van der Waals surface area contributed by atoms with Crippen molar-refractivity contribution in [2.24, 2.45) is 0 Å². The summed E-state index contributed by atoms with van der Waals surface area (Å²) < 4.78 is 51.9. The zero-order valence-electron chi connectivity index (χ0n) is 13.4. The summed E-state index contributed by atoms with van der Waals surface area (Å²) in [5.74, 6) is 0.811. The molecule has 0 aliphatic carbocycles. The molecule has 128 valence electrons. The van der Waals surface area contributed by atoms with Crippen molar-refractivity contribution in [1.29, 1.82) is 0 Å². The molecule has 1 atom stereocenters. The molecule has 0 bridgehead atoms. The molecule has 0 radical (unpaired) electrons. The standard InChI is InChI=1S/C17H18FNO4S/c1-11-9-14(4-5-15(11)18)24(20,21)19-12(2)13-3-6-16-17(10-13)23-8-7-22-16/h3-6,9-10,12,19H,7-8H2,1-2H3/t12-/m1/s1. The molecule has 0 fully saturated rings. The van der Waals surface area contributed by atoms with Gasteiger partial charge in [-0.25, -0.2) is 17.5 Å². The highest BCUT2D eigenvalue weighted by Gasteiger charge is 2.21. The number of benzene rings is 2. The van der Waals surface area contributed by atoms with Crippen molar-refractivity contribution in [2.45, 2.75) is 24.8 Å². The Morgan fingerprint density at radius 1 is 1.08 bits per heavy atom. The van der Waals surface area contributed by atoms with E-state index in [9.17, 15) is 12.8 Å². The van der Waals surface area contributed by atoms with E-state index in [0.29, 0.717) is 24.7 Å². The number of ether oxygens (including phenoxy) is 2. The van der Waals surface area contributed by atoms with Crippen LogP contribution < -0.4 is 14.2 Å². The fourth-order valence-electron chi connectivity index (χ4n) is 2.48. The van der Waals surface area contributed by atoms with Gasteiger partial charge in [0.2, 0.25) is 10.0 Å². The van der Waals surface area contributed by atoms with Crippen LogP contribution in [0.25, 0.3) is 0 Å². The topological polar surface area (TPSA) is 64.6 Å². The van der Waals surface area contributed by atoms with Gasteiger partial charge in [-0.15, -0.1) is 0 Å². The second kappa shape index (κ2) is 6.41. The fourth-order valence-corrected chi connectivity index (χ4v) is 3.80. The lowest BCUT2D eigenvalue weighted by molar-refractivity contribution is 0.171. The number of halogens is 1. The zero-order valence-corrected chi connectivity index (χ0v) is 14.2. The van der Waals surface area contributed by atoms with E-state index in [1.54, 1.807) is 25.1 Å². The number of hydrogen-bond acceptors (Lipinski definition) is 4. The van der Waals surface area contributed by atoms with Gasteiger partial charge in [-0.1, -0.05) is 6.07 Å². The summed E-state index contributed by atoms with van der Waals surface area (Å²) in [6.45, 7) is 4.22. The highest BCUT2D eigenvalue weighted by atomic mass is 32.2. The number of hydrogen-bond donors (Lipinski definition) is 1. The SMILES string of the molecule is Cc1cc(S(=O)(=O)N[C@H](C)c2ccc3c(c2)OCCO3)ccc1F. The summed E-state index contributed by atoms with van der Waals surface area (Å²) in [7, 11) is -3.76. The maximum atomic E-state index is 13.3. The molecular weight excluding hydrogens is 333 g/mol. The van der Waals surface area contributed by atoms with Crippen LogP contribution in [0.3, 0.4) is 0 Å². The minimum absolute atomic E-state index is 0.0331. The summed E-state index contributed by atoms with van der Waals surface area (Å²) in [5, 5.41) is 0. The molecule has 7 heteroatoms. The molecular formula is C17H18FNO4S. The van der Waals surface area contributed by atoms with Gasteiger partial charge in [0, 0.05) is 6.04 Å². The van der Waals surface area contributed by atoms with Crippen molar-refractivity contribution in [3.63, 3.8) is 0 Å². The highest BCUT2D eigenvalue weighted by Crippen LogP contribution is 2.33. The van der Waals surface area contributed by atoms with E-state index in [1.807, 2.05) is 0 Å². The Balaban J connectivity index is 1.82. The van der Waals surface area contributed by atoms with Crippen LogP contribution in [0.1, 0.15) is 24.1 Å². The van der Waals surface area contributed by atoms with Crippen molar-refractivity contribution in [2.75, 3.05) is 13.2 Å². The van der Waals surface area contributed by atoms with Gasteiger partial charge in [0.1, 0.15) is 19.0 Å². The molecule has 1 N–H and O–H groups in total. The minimum atomic E-state index is -3.76. The number of fused-ring (bicyclic) bond motifs is 1. The third kappa shape index (κ3) is 3.37. The largest absolute Gasteiger partial charge is 0.486 e. The Hall–Kier alpha value is -2.12. The number of sulfonamides is 1. The first kappa shape index (κ1) is 16.7. The fraction of sp³-hybridized carbons (Fsp3) is 0.294. The Morgan fingerprint density at radius 3 is 2.50 bits per heavy atom. The van der Waals surface area contributed by atoms with Gasteiger partial charge in [0.15, 0.2) is 11.5 Å². The normalized spacial score (nSPS) is 15.1. The average molecular weight is 351 g/mol. The third-order valence-corrected chi connectivity index (χ3v) is 5.38. The maximum Gasteiger partial charge on any atom is 0.241 e. The van der Waals surface area contributed by atoms with Crippen molar-refractivity contribution < 1.29 is 22.3 Å². The van der Waals surface area contributed by atoms with E-state index in [4.69, 9.17) is 9.47 Å². The molecule has 2 aromatic carbocycles. The van der Waals surface area contributed by atoms with E-state index in [2.05, 4.69) is 4.72 Å². The molecule has 2 aromatic rings. The quantitative estimate of drug-likeness (QED) is 0.920. The Bertz CT molecular complexity index is 867. The molecule has 0 saturated carbocycles. The summed E-state index contributed by atoms with van der Waals surface area (Å²) in [4.78, 5) is 0.0331. The summed E-state index contributed by atoms with van der Waals surface area (Å²) in [5.41, 5.74) is 1.03. The zero-order chi connectivity index (χ0) is 17.3. The van der Waals surface area contributed by atoms with Crippen molar-refractivity contribution in [1.82, 2.24) is 4.72 Å². The first-order valence-electron chi connectivity index (χ1n) is 7.55. The predicted octanol–water partition coefficient (Wildman–Crippen LogP) is 2.94. The minimum Gasteiger partial charge on any atom is -0.486 e. The van der Waals surface area contributed by atoms with E-state index in [-0.39, 0.29) is 10.5 Å². The van der Waals surface area contributed by atoms with Crippen molar-refractivity contribution >= 4 is 10.0 Å². The van der Waals surface area contributed by atoms with Gasteiger partial charge < -0.3 is 9.47 Å². The Labute approximate surface area is 140 Å². The van der Waals surface area contributed by atoms with Crippen LogP contribution in [-0.4, -0.2) is 21.6 Å². The van der Waals surface area contributed by atoms with E-state index >= 15 is 0 Å². The first-order chi connectivity index (χ1) is 11.4. The molecule has 0 amide bonds. The van der Waals surface area contributed by atoms with E-state index in [0.717, 1.165) is 11.6 Å².